The highest BCUT2D eigenvalue weighted by atomic mass is 16.7. The van der Waals surface area contributed by atoms with E-state index in [9.17, 15) is 9.90 Å². The molecule has 1 heterocycles. The SMILES string of the molecule is CCCOc1cc(B2OC(C)(C)C(C)(C)O2)cc(C(=O)O)c1. The van der Waals surface area contributed by atoms with E-state index in [4.69, 9.17) is 14.0 Å². The highest BCUT2D eigenvalue weighted by Crippen LogP contribution is 2.36. The first-order valence-electron chi connectivity index (χ1n) is 7.53. The summed E-state index contributed by atoms with van der Waals surface area (Å²) in [6, 6.07) is 4.88. The van der Waals surface area contributed by atoms with E-state index in [2.05, 4.69) is 0 Å². The van der Waals surface area contributed by atoms with Crippen molar-refractivity contribution in [1.82, 2.24) is 0 Å². The van der Waals surface area contributed by atoms with Gasteiger partial charge >= 0.3 is 13.1 Å². The maximum atomic E-state index is 11.3. The number of rotatable bonds is 5. The number of carboxylic acids is 1. The maximum Gasteiger partial charge on any atom is 0.494 e. The molecule has 1 aromatic rings. The molecule has 1 aliphatic heterocycles. The third kappa shape index (κ3) is 3.28. The summed E-state index contributed by atoms with van der Waals surface area (Å²) >= 11 is 0. The first kappa shape index (κ1) is 16.8. The van der Waals surface area contributed by atoms with Crippen molar-refractivity contribution in [3.05, 3.63) is 23.8 Å². The molecule has 0 saturated carbocycles. The molecular weight excluding hydrogens is 283 g/mol. The minimum absolute atomic E-state index is 0.165. The molecular formula is C16H23BO5. The lowest BCUT2D eigenvalue weighted by atomic mass is 9.78. The van der Waals surface area contributed by atoms with Crippen LogP contribution >= 0.6 is 0 Å². The molecule has 0 aromatic heterocycles. The van der Waals surface area contributed by atoms with Crippen LogP contribution in [0, 0.1) is 0 Å². The molecule has 22 heavy (non-hydrogen) atoms. The predicted molar refractivity (Wildman–Crippen MR) is 84.9 cm³/mol. The van der Waals surface area contributed by atoms with Gasteiger partial charge in [0.05, 0.1) is 23.4 Å². The number of carbonyl (C=O) groups is 1. The van der Waals surface area contributed by atoms with Gasteiger partial charge in [-0.15, -0.1) is 0 Å². The fourth-order valence-corrected chi connectivity index (χ4v) is 2.16. The lowest BCUT2D eigenvalue weighted by Gasteiger charge is -2.32. The van der Waals surface area contributed by atoms with Crippen molar-refractivity contribution in [2.75, 3.05) is 6.61 Å². The minimum Gasteiger partial charge on any atom is -0.494 e. The second-order valence-corrected chi connectivity index (χ2v) is 6.53. The molecule has 1 saturated heterocycles. The van der Waals surface area contributed by atoms with Crippen molar-refractivity contribution in [3.63, 3.8) is 0 Å². The smallest absolute Gasteiger partial charge is 0.494 e. The molecule has 6 heteroatoms. The number of aromatic carboxylic acids is 1. The zero-order valence-electron chi connectivity index (χ0n) is 13.8. The number of ether oxygens (including phenoxy) is 1. The Morgan fingerprint density at radius 2 is 1.77 bits per heavy atom. The number of hydrogen-bond acceptors (Lipinski definition) is 4. The second kappa shape index (κ2) is 5.93. The van der Waals surface area contributed by atoms with Crippen LogP contribution in [0.5, 0.6) is 5.75 Å². The van der Waals surface area contributed by atoms with E-state index in [1.54, 1.807) is 12.1 Å². The zero-order chi connectivity index (χ0) is 16.5. The van der Waals surface area contributed by atoms with E-state index in [1.165, 1.54) is 6.07 Å². The van der Waals surface area contributed by atoms with Gasteiger partial charge in [-0.3, -0.25) is 0 Å². The summed E-state index contributed by atoms with van der Waals surface area (Å²) in [5, 5.41) is 9.27. The molecule has 1 fully saturated rings. The molecule has 0 spiro atoms. The summed E-state index contributed by atoms with van der Waals surface area (Å²) in [5.74, 6) is -0.480. The fourth-order valence-electron chi connectivity index (χ4n) is 2.16. The lowest BCUT2D eigenvalue weighted by Crippen LogP contribution is -2.41. The van der Waals surface area contributed by atoms with Crippen LogP contribution in [0.25, 0.3) is 0 Å². The zero-order valence-corrected chi connectivity index (χ0v) is 13.8. The average molecular weight is 306 g/mol. The van der Waals surface area contributed by atoms with Gasteiger partial charge in [-0.1, -0.05) is 6.92 Å². The molecule has 1 aliphatic rings. The minimum atomic E-state index is -1.00. The van der Waals surface area contributed by atoms with Crippen LogP contribution in [-0.4, -0.2) is 36.0 Å². The Balaban J connectivity index is 2.34. The molecule has 0 unspecified atom stereocenters. The van der Waals surface area contributed by atoms with Crippen LogP contribution in [0.15, 0.2) is 18.2 Å². The van der Waals surface area contributed by atoms with Gasteiger partial charge in [0, 0.05) is 0 Å². The van der Waals surface area contributed by atoms with Crippen molar-refractivity contribution in [2.24, 2.45) is 0 Å². The van der Waals surface area contributed by atoms with E-state index >= 15 is 0 Å². The summed E-state index contributed by atoms with van der Waals surface area (Å²) in [5.41, 5.74) is -0.120. The fraction of sp³-hybridized carbons (Fsp3) is 0.562. The summed E-state index contributed by atoms with van der Waals surface area (Å²) in [7, 11) is -0.603. The molecule has 0 amide bonds. The van der Waals surface area contributed by atoms with Gasteiger partial charge in [0.25, 0.3) is 0 Å². The Labute approximate surface area is 131 Å². The molecule has 0 bridgehead atoms. The molecule has 120 valence electrons. The Kier molecular flexibility index (Phi) is 4.54. The average Bonchev–Trinajstić information content (AvgIpc) is 2.65. The van der Waals surface area contributed by atoms with Gasteiger partial charge in [-0.2, -0.15) is 0 Å². The number of hydrogen-bond donors (Lipinski definition) is 1. The molecule has 2 rings (SSSR count). The molecule has 0 radical (unpaired) electrons. The summed E-state index contributed by atoms with van der Waals surface area (Å²) in [6.07, 6.45) is 0.850. The van der Waals surface area contributed by atoms with Crippen molar-refractivity contribution in [2.45, 2.75) is 52.2 Å². The topological polar surface area (TPSA) is 65.0 Å². The number of benzene rings is 1. The van der Waals surface area contributed by atoms with Gasteiger partial charge in [0.2, 0.25) is 0 Å². The number of carboxylic acid groups (broad SMARTS) is 1. The highest BCUT2D eigenvalue weighted by molar-refractivity contribution is 6.62. The van der Waals surface area contributed by atoms with Crippen LogP contribution in [0.3, 0.4) is 0 Å². The summed E-state index contributed by atoms with van der Waals surface area (Å²) in [4.78, 5) is 11.3. The molecule has 1 aromatic carbocycles. The van der Waals surface area contributed by atoms with Crippen molar-refractivity contribution < 1.29 is 23.9 Å². The van der Waals surface area contributed by atoms with E-state index in [0.717, 1.165) is 6.42 Å². The van der Waals surface area contributed by atoms with Crippen molar-refractivity contribution >= 4 is 18.6 Å². The maximum absolute atomic E-state index is 11.3. The van der Waals surface area contributed by atoms with E-state index < -0.39 is 24.3 Å². The Bertz CT molecular complexity index is 552. The molecule has 0 atom stereocenters. The Morgan fingerprint density at radius 3 is 2.27 bits per heavy atom. The molecule has 5 nitrogen and oxygen atoms in total. The van der Waals surface area contributed by atoms with Gasteiger partial charge in [0.15, 0.2) is 0 Å². The predicted octanol–water partition coefficient (Wildman–Crippen LogP) is 2.47. The summed E-state index contributed by atoms with van der Waals surface area (Å²) in [6.45, 7) is 10.4. The van der Waals surface area contributed by atoms with Gasteiger partial charge in [-0.25, -0.2) is 4.79 Å². The van der Waals surface area contributed by atoms with Crippen LogP contribution in [-0.2, 0) is 9.31 Å². The van der Waals surface area contributed by atoms with Crippen LogP contribution in [0.4, 0.5) is 0 Å². The van der Waals surface area contributed by atoms with Crippen molar-refractivity contribution in [3.8, 4) is 5.75 Å². The van der Waals surface area contributed by atoms with E-state index in [0.29, 0.717) is 17.8 Å². The van der Waals surface area contributed by atoms with Crippen molar-refractivity contribution in [1.29, 1.82) is 0 Å². The second-order valence-electron chi connectivity index (χ2n) is 6.53. The third-order valence-corrected chi connectivity index (χ3v) is 4.17. The van der Waals surface area contributed by atoms with Gasteiger partial charge < -0.3 is 19.2 Å². The standard InChI is InChI=1S/C16H23BO5/c1-6-7-20-13-9-11(14(18)19)8-12(10-13)17-21-15(2,3)16(4,5)22-17/h8-10H,6-7H2,1-5H3,(H,18,19). The van der Waals surface area contributed by atoms with Gasteiger partial charge in [0.1, 0.15) is 5.75 Å². The highest BCUT2D eigenvalue weighted by Gasteiger charge is 2.51. The van der Waals surface area contributed by atoms with E-state index in [1.807, 2.05) is 34.6 Å². The third-order valence-electron chi connectivity index (χ3n) is 4.17. The van der Waals surface area contributed by atoms with Crippen LogP contribution in [0.2, 0.25) is 0 Å². The first-order valence-corrected chi connectivity index (χ1v) is 7.53. The molecule has 0 aliphatic carbocycles. The lowest BCUT2D eigenvalue weighted by molar-refractivity contribution is 0.00578. The first-order chi connectivity index (χ1) is 10.2. The molecule has 1 N–H and O–H groups in total. The summed E-state index contributed by atoms with van der Waals surface area (Å²) < 4.78 is 17.5. The van der Waals surface area contributed by atoms with E-state index in [-0.39, 0.29) is 5.56 Å². The van der Waals surface area contributed by atoms with Gasteiger partial charge in [-0.05, 0) is 57.8 Å². The van der Waals surface area contributed by atoms with Crippen LogP contribution < -0.4 is 10.2 Å². The Hall–Kier alpha value is -1.53. The normalized spacial score (nSPS) is 19.2. The Morgan fingerprint density at radius 1 is 1.18 bits per heavy atom. The quantitative estimate of drug-likeness (QED) is 0.847. The largest absolute Gasteiger partial charge is 0.494 e. The monoisotopic (exact) mass is 306 g/mol. The van der Waals surface area contributed by atoms with Crippen LogP contribution in [0.1, 0.15) is 51.4 Å².